The van der Waals surface area contributed by atoms with Crippen LogP contribution in [0.4, 0.5) is 0 Å². The first kappa shape index (κ1) is 13.1. The van der Waals surface area contributed by atoms with Crippen LogP contribution in [-0.4, -0.2) is 11.7 Å². The highest BCUT2D eigenvalue weighted by Gasteiger charge is 2.34. The molecule has 1 saturated carbocycles. The fraction of sp³-hybridized carbons (Fsp3) is 0.875. The third-order valence-corrected chi connectivity index (χ3v) is 4.65. The SMILES string of the molecule is OCCCCCCCCCC1CC2C=CC1C2. The lowest BCUT2D eigenvalue weighted by Gasteiger charge is -2.17. The lowest BCUT2D eigenvalue weighted by molar-refractivity contribution is 0.282. The van der Waals surface area contributed by atoms with Crippen molar-refractivity contribution in [2.24, 2.45) is 17.8 Å². The Hall–Kier alpha value is -0.300. The van der Waals surface area contributed by atoms with Gasteiger partial charge in [0.25, 0.3) is 0 Å². The highest BCUT2D eigenvalue weighted by atomic mass is 16.2. The zero-order chi connectivity index (χ0) is 11.9. The molecule has 0 aromatic rings. The van der Waals surface area contributed by atoms with Gasteiger partial charge in [-0.1, -0.05) is 50.7 Å². The minimum absolute atomic E-state index is 0.373. The predicted octanol–water partition coefficient (Wildman–Crippen LogP) is 4.31. The molecule has 1 heteroatoms. The number of fused-ring (bicyclic) bond motifs is 2. The van der Waals surface area contributed by atoms with Crippen LogP contribution >= 0.6 is 0 Å². The van der Waals surface area contributed by atoms with E-state index < -0.39 is 0 Å². The fourth-order valence-electron chi connectivity index (χ4n) is 3.63. The van der Waals surface area contributed by atoms with Crippen molar-refractivity contribution < 1.29 is 5.11 Å². The average molecular weight is 236 g/mol. The van der Waals surface area contributed by atoms with Gasteiger partial charge in [-0.2, -0.15) is 0 Å². The topological polar surface area (TPSA) is 20.2 Å². The number of unbranched alkanes of at least 4 members (excludes halogenated alkanes) is 6. The Labute approximate surface area is 106 Å². The molecule has 1 nitrogen and oxygen atoms in total. The van der Waals surface area contributed by atoms with Crippen molar-refractivity contribution in [1.29, 1.82) is 0 Å². The van der Waals surface area contributed by atoms with Crippen molar-refractivity contribution in [2.75, 3.05) is 6.61 Å². The third-order valence-electron chi connectivity index (χ3n) is 4.65. The van der Waals surface area contributed by atoms with Gasteiger partial charge in [0, 0.05) is 6.61 Å². The van der Waals surface area contributed by atoms with Crippen LogP contribution in [-0.2, 0) is 0 Å². The minimum atomic E-state index is 0.373. The Bertz CT molecular complexity index is 234. The number of hydrogen-bond acceptors (Lipinski definition) is 1. The molecule has 2 aliphatic rings. The molecule has 0 aliphatic heterocycles. The van der Waals surface area contributed by atoms with Gasteiger partial charge in [-0.25, -0.2) is 0 Å². The van der Waals surface area contributed by atoms with E-state index in [2.05, 4.69) is 12.2 Å². The lowest BCUT2D eigenvalue weighted by Crippen LogP contribution is -2.06. The molecule has 98 valence electrons. The maximum absolute atomic E-state index is 8.67. The van der Waals surface area contributed by atoms with Crippen LogP contribution in [0, 0.1) is 17.8 Å². The molecule has 0 amide bonds. The molecule has 0 radical (unpaired) electrons. The molecular formula is C16H28O. The minimum Gasteiger partial charge on any atom is -0.396 e. The van der Waals surface area contributed by atoms with Gasteiger partial charge in [-0.15, -0.1) is 0 Å². The van der Waals surface area contributed by atoms with Gasteiger partial charge in [0.1, 0.15) is 0 Å². The number of aliphatic hydroxyl groups excluding tert-OH is 1. The second-order valence-electron chi connectivity index (χ2n) is 6.03. The Kier molecular flexibility index (Phi) is 5.57. The standard InChI is InChI=1S/C16H28O/c17-11-7-5-3-1-2-4-6-8-15-12-14-9-10-16(15)13-14/h9-10,14-17H,1-8,11-13H2. The summed E-state index contributed by atoms with van der Waals surface area (Å²) in [5.74, 6) is 2.92. The summed E-state index contributed by atoms with van der Waals surface area (Å²) < 4.78 is 0. The van der Waals surface area contributed by atoms with Crippen molar-refractivity contribution >= 4 is 0 Å². The molecule has 2 rings (SSSR count). The van der Waals surface area contributed by atoms with Crippen molar-refractivity contribution in [3.63, 3.8) is 0 Å². The van der Waals surface area contributed by atoms with Crippen LogP contribution < -0.4 is 0 Å². The summed E-state index contributed by atoms with van der Waals surface area (Å²) in [5.41, 5.74) is 0. The lowest BCUT2D eigenvalue weighted by atomic mass is 9.88. The van der Waals surface area contributed by atoms with Crippen LogP contribution in [0.3, 0.4) is 0 Å². The Morgan fingerprint density at radius 2 is 1.53 bits per heavy atom. The Balaban J connectivity index is 1.41. The average Bonchev–Trinajstić information content (AvgIpc) is 2.94. The van der Waals surface area contributed by atoms with Crippen molar-refractivity contribution in [1.82, 2.24) is 0 Å². The molecule has 1 fully saturated rings. The van der Waals surface area contributed by atoms with Crippen LogP contribution in [0.25, 0.3) is 0 Å². The smallest absolute Gasteiger partial charge is 0.0431 e. The van der Waals surface area contributed by atoms with E-state index in [0.29, 0.717) is 6.61 Å². The van der Waals surface area contributed by atoms with Crippen LogP contribution in [0.15, 0.2) is 12.2 Å². The molecule has 2 bridgehead atoms. The first-order valence-electron chi connectivity index (χ1n) is 7.69. The summed E-state index contributed by atoms with van der Waals surface area (Å²) in [6, 6.07) is 0. The number of aliphatic hydroxyl groups is 1. The van der Waals surface area contributed by atoms with Gasteiger partial charge < -0.3 is 5.11 Å². The number of hydrogen-bond donors (Lipinski definition) is 1. The maximum atomic E-state index is 8.67. The van der Waals surface area contributed by atoms with E-state index >= 15 is 0 Å². The summed E-state index contributed by atoms with van der Waals surface area (Å²) in [7, 11) is 0. The third kappa shape index (κ3) is 4.13. The van der Waals surface area contributed by atoms with Gasteiger partial charge in [0.05, 0.1) is 0 Å². The monoisotopic (exact) mass is 236 g/mol. The highest BCUT2D eigenvalue weighted by Crippen LogP contribution is 2.45. The van der Waals surface area contributed by atoms with E-state index in [1.54, 1.807) is 0 Å². The van der Waals surface area contributed by atoms with E-state index in [0.717, 1.165) is 24.2 Å². The molecule has 0 spiro atoms. The number of allylic oxidation sites excluding steroid dienone is 2. The molecule has 3 atom stereocenters. The fourth-order valence-corrected chi connectivity index (χ4v) is 3.63. The van der Waals surface area contributed by atoms with Gasteiger partial charge >= 0.3 is 0 Å². The summed E-state index contributed by atoms with van der Waals surface area (Å²) in [6.45, 7) is 0.373. The van der Waals surface area contributed by atoms with E-state index in [9.17, 15) is 0 Å². The zero-order valence-electron chi connectivity index (χ0n) is 11.1. The van der Waals surface area contributed by atoms with Gasteiger partial charge in [0.15, 0.2) is 0 Å². The molecule has 17 heavy (non-hydrogen) atoms. The van der Waals surface area contributed by atoms with Crippen molar-refractivity contribution in [3.8, 4) is 0 Å². The molecule has 3 unspecified atom stereocenters. The second kappa shape index (κ2) is 7.20. The quantitative estimate of drug-likeness (QED) is 0.467. The molecule has 0 saturated heterocycles. The molecule has 1 N–H and O–H groups in total. The van der Waals surface area contributed by atoms with E-state index in [4.69, 9.17) is 5.11 Å². The van der Waals surface area contributed by atoms with Crippen LogP contribution in [0.5, 0.6) is 0 Å². The highest BCUT2D eigenvalue weighted by molar-refractivity contribution is 5.09. The second-order valence-corrected chi connectivity index (χ2v) is 6.03. The summed E-state index contributed by atoms with van der Waals surface area (Å²) in [5, 5.41) is 8.67. The van der Waals surface area contributed by atoms with Crippen molar-refractivity contribution in [2.45, 2.75) is 64.2 Å². The largest absolute Gasteiger partial charge is 0.396 e. The predicted molar refractivity (Wildman–Crippen MR) is 72.9 cm³/mol. The normalized spacial score (nSPS) is 30.3. The molecule has 0 aromatic carbocycles. The first-order valence-corrected chi connectivity index (χ1v) is 7.69. The Morgan fingerprint density at radius 3 is 2.12 bits per heavy atom. The Morgan fingerprint density at radius 1 is 0.824 bits per heavy atom. The van der Waals surface area contributed by atoms with E-state index in [-0.39, 0.29) is 0 Å². The first-order chi connectivity index (χ1) is 8.40. The van der Waals surface area contributed by atoms with Gasteiger partial charge in [-0.3, -0.25) is 0 Å². The van der Waals surface area contributed by atoms with Crippen LogP contribution in [0.1, 0.15) is 64.2 Å². The molecule has 0 heterocycles. The maximum Gasteiger partial charge on any atom is 0.0431 e. The van der Waals surface area contributed by atoms with Gasteiger partial charge in [0.2, 0.25) is 0 Å². The van der Waals surface area contributed by atoms with E-state index in [1.807, 2.05) is 0 Å². The molecule has 2 aliphatic carbocycles. The zero-order valence-corrected chi connectivity index (χ0v) is 11.1. The summed E-state index contributed by atoms with van der Waals surface area (Å²) in [6.07, 6.45) is 18.5. The summed E-state index contributed by atoms with van der Waals surface area (Å²) in [4.78, 5) is 0. The number of rotatable bonds is 9. The molecule has 0 aromatic heterocycles. The van der Waals surface area contributed by atoms with Gasteiger partial charge in [-0.05, 0) is 43.4 Å². The van der Waals surface area contributed by atoms with Crippen LogP contribution in [0.2, 0.25) is 0 Å². The molecular weight excluding hydrogens is 208 g/mol. The summed E-state index contributed by atoms with van der Waals surface area (Å²) >= 11 is 0. The van der Waals surface area contributed by atoms with E-state index in [1.165, 1.54) is 57.8 Å². The van der Waals surface area contributed by atoms with Crippen molar-refractivity contribution in [3.05, 3.63) is 12.2 Å².